The van der Waals surface area contributed by atoms with Gasteiger partial charge in [0, 0.05) is 12.6 Å². The highest BCUT2D eigenvalue weighted by Crippen LogP contribution is 2.11. The number of pyridine rings is 1. The number of hydrogen-bond donors (Lipinski definition) is 3. The average molecular weight is 167 g/mol. The number of hydrogen-bond acceptors (Lipinski definition) is 4. The summed E-state index contributed by atoms with van der Waals surface area (Å²) in [7, 11) is 0. The molecule has 1 aromatic heterocycles. The van der Waals surface area contributed by atoms with Crippen LogP contribution in [-0.4, -0.2) is 16.7 Å². The fraction of sp³-hybridized carbons (Fsp3) is 0.375. The Hall–Kier alpha value is -1.13. The van der Waals surface area contributed by atoms with E-state index < -0.39 is 0 Å². The van der Waals surface area contributed by atoms with E-state index in [0.717, 1.165) is 5.69 Å². The largest absolute Gasteiger partial charge is 0.396 e. The zero-order valence-electron chi connectivity index (χ0n) is 6.77. The Morgan fingerprint density at radius 2 is 2.25 bits per heavy atom. The molecule has 0 aliphatic carbocycles. The van der Waals surface area contributed by atoms with Crippen molar-refractivity contribution in [3.05, 3.63) is 23.9 Å². The third-order valence-corrected chi connectivity index (χ3v) is 1.61. The van der Waals surface area contributed by atoms with Gasteiger partial charge in [-0.25, -0.2) is 4.98 Å². The molecular formula is C8H13N3O. The Bertz CT molecular complexity index is 252. The highest BCUT2D eigenvalue weighted by molar-refractivity contribution is 5.29. The van der Waals surface area contributed by atoms with Crippen LogP contribution >= 0.6 is 0 Å². The summed E-state index contributed by atoms with van der Waals surface area (Å²) >= 11 is 0. The van der Waals surface area contributed by atoms with Gasteiger partial charge in [-0.3, -0.25) is 0 Å². The molecule has 0 bridgehead atoms. The molecule has 1 rings (SSSR count). The number of anilines is 1. The van der Waals surface area contributed by atoms with Gasteiger partial charge >= 0.3 is 0 Å². The molecule has 0 aromatic carbocycles. The van der Waals surface area contributed by atoms with Crippen LogP contribution in [0.3, 0.4) is 0 Å². The first kappa shape index (κ1) is 8.96. The summed E-state index contributed by atoms with van der Waals surface area (Å²) in [6.07, 6.45) is 0.510. The summed E-state index contributed by atoms with van der Waals surface area (Å²) in [4.78, 5) is 4.03. The van der Waals surface area contributed by atoms with Gasteiger partial charge in [0.25, 0.3) is 0 Å². The Balaban J connectivity index is 2.73. The summed E-state index contributed by atoms with van der Waals surface area (Å²) in [5, 5.41) is 8.63. The molecule has 0 aliphatic heterocycles. The maximum absolute atomic E-state index is 8.63. The molecule has 0 aliphatic rings. The third-order valence-electron chi connectivity index (χ3n) is 1.61. The van der Waals surface area contributed by atoms with Crippen molar-refractivity contribution < 1.29 is 5.11 Å². The average Bonchev–Trinajstić information content (AvgIpc) is 2.05. The van der Waals surface area contributed by atoms with Crippen LogP contribution in [0.25, 0.3) is 0 Å². The number of aromatic nitrogens is 1. The topological polar surface area (TPSA) is 85.2 Å². The Kier molecular flexibility index (Phi) is 3.01. The highest BCUT2D eigenvalue weighted by atomic mass is 16.3. The van der Waals surface area contributed by atoms with E-state index in [1.165, 1.54) is 0 Å². The minimum atomic E-state index is -0.224. The first-order chi connectivity index (χ1) is 5.74. The summed E-state index contributed by atoms with van der Waals surface area (Å²) in [5.41, 5.74) is 11.9. The van der Waals surface area contributed by atoms with E-state index in [0.29, 0.717) is 12.2 Å². The normalized spacial score (nSPS) is 12.8. The van der Waals surface area contributed by atoms with Crippen molar-refractivity contribution in [2.75, 3.05) is 12.3 Å². The van der Waals surface area contributed by atoms with Crippen molar-refractivity contribution >= 4 is 5.82 Å². The molecule has 66 valence electrons. The lowest BCUT2D eigenvalue weighted by molar-refractivity contribution is 0.275. The molecule has 1 unspecified atom stereocenters. The quantitative estimate of drug-likeness (QED) is 0.593. The van der Waals surface area contributed by atoms with Crippen molar-refractivity contribution in [1.29, 1.82) is 0 Å². The van der Waals surface area contributed by atoms with Crippen molar-refractivity contribution in [3.8, 4) is 0 Å². The van der Waals surface area contributed by atoms with Crippen LogP contribution in [0.15, 0.2) is 18.2 Å². The van der Waals surface area contributed by atoms with Gasteiger partial charge in [0.2, 0.25) is 0 Å². The second kappa shape index (κ2) is 4.04. The minimum Gasteiger partial charge on any atom is -0.396 e. The maximum atomic E-state index is 8.63. The van der Waals surface area contributed by atoms with Crippen molar-refractivity contribution in [2.24, 2.45) is 5.73 Å². The van der Waals surface area contributed by atoms with Gasteiger partial charge in [-0.15, -0.1) is 0 Å². The van der Waals surface area contributed by atoms with E-state index in [1.54, 1.807) is 18.2 Å². The number of aliphatic hydroxyl groups is 1. The summed E-state index contributed by atoms with van der Waals surface area (Å²) in [6.45, 7) is 0.0671. The minimum absolute atomic E-state index is 0.0671. The van der Waals surface area contributed by atoms with Gasteiger partial charge in [0.15, 0.2) is 0 Å². The second-order valence-corrected chi connectivity index (χ2v) is 2.61. The molecular weight excluding hydrogens is 154 g/mol. The lowest BCUT2D eigenvalue weighted by atomic mass is 10.1. The fourth-order valence-corrected chi connectivity index (χ4v) is 0.962. The molecule has 1 atom stereocenters. The van der Waals surface area contributed by atoms with Gasteiger partial charge in [-0.05, 0) is 18.6 Å². The molecule has 1 heterocycles. The Morgan fingerprint density at radius 3 is 2.83 bits per heavy atom. The standard InChI is InChI=1S/C8H13N3O/c9-6(4-5-12)7-2-1-3-8(10)11-7/h1-3,6,12H,4-5,9H2,(H2,10,11). The van der Waals surface area contributed by atoms with Gasteiger partial charge in [-0.2, -0.15) is 0 Å². The first-order valence-corrected chi connectivity index (χ1v) is 3.83. The van der Waals surface area contributed by atoms with E-state index in [-0.39, 0.29) is 12.6 Å². The predicted molar refractivity (Wildman–Crippen MR) is 47.3 cm³/mol. The van der Waals surface area contributed by atoms with Gasteiger partial charge < -0.3 is 16.6 Å². The van der Waals surface area contributed by atoms with Crippen LogP contribution in [0.1, 0.15) is 18.2 Å². The predicted octanol–water partition coefficient (Wildman–Crippen LogP) is 0.0460. The number of nitrogen functional groups attached to an aromatic ring is 1. The molecule has 0 radical (unpaired) electrons. The second-order valence-electron chi connectivity index (χ2n) is 2.61. The molecule has 0 saturated heterocycles. The van der Waals surface area contributed by atoms with E-state index in [2.05, 4.69) is 4.98 Å². The van der Waals surface area contributed by atoms with Crippen molar-refractivity contribution in [2.45, 2.75) is 12.5 Å². The van der Waals surface area contributed by atoms with Crippen LogP contribution in [0, 0.1) is 0 Å². The van der Waals surface area contributed by atoms with Crippen LogP contribution in [0.4, 0.5) is 5.82 Å². The highest BCUT2D eigenvalue weighted by Gasteiger charge is 2.05. The smallest absolute Gasteiger partial charge is 0.123 e. The van der Waals surface area contributed by atoms with Gasteiger partial charge in [0.1, 0.15) is 5.82 Å². The fourth-order valence-electron chi connectivity index (χ4n) is 0.962. The molecule has 4 nitrogen and oxygen atoms in total. The molecule has 0 fully saturated rings. The molecule has 1 aromatic rings. The third kappa shape index (κ3) is 2.18. The first-order valence-electron chi connectivity index (χ1n) is 3.83. The van der Waals surface area contributed by atoms with Crippen LogP contribution < -0.4 is 11.5 Å². The summed E-state index contributed by atoms with van der Waals surface area (Å²) < 4.78 is 0. The Morgan fingerprint density at radius 1 is 1.50 bits per heavy atom. The molecule has 4 heteroatoms. The van der Waals surface area contributed by atoms with Crippen molar-refractivity contribution in [3.63, 3.8) is 0 Å². The molecule has 5 N–H and O–H groups in total. The summed E-state index contributed by atoms with van der Waals surface area (Å²) in [6, 6.07) is 5.08. The SMILES string of the molecule is Nc1cccc(C(N)CCO)n1. The Labute approximate surface area is 71.2 Å². The van der Waals surface area contributed by atoms with Crippen LogP contribution in [0.2, 0.25) is 0 Å². The number of rotatable bonds is 3. The summed E-state index contributed by atoms with van der Waals surface area (Å²) in [5.74, 6) is 0.459. The number of aliphatic hydroxyl groups excluding tert-OH is 1. The van der Waals surface area contributed by atoms with E-state index in [1.807, 2.05) is 0 Å². The van der Waals surface area contributed by atoms with Crippen LogP contribution in [0.5, 0.6) is 0 Å². The zero-order valence-corrected chi connectivity index (χ0v) is 6.77. The maximum Gasteiger partial charge on any atom is 0.123 e. The number of nitrogens with zero attached hydrogens (tertiary/aromatic N) is 1. The van der Waals surface area contributed by atoms with Crippen LogP contribution in [-0.2, 0) is 0 Å². The lowest BCUT2D eigenvalue weighted by Gasteiger charge is -2.08. The van der Waals surface area contributed by atoms with Gasteiger partial charge in [0.05, 0.1) is 5.69 Å². The van der Waals surface area contributed by atoms with E-state index >= 15 is 0 Å². The van der Waals surface area contributed by atoms with Crippen molar-refractivity contribution in [1.82, 2.24) is 4.98 Å². The monoisotopic (exact) mass is 167 g/mol. The van der Waals surface area contributed by atoms with E-state index in [9.17, 15) is 0 Å². The lowest BCUT2D eigenvalue weighted by Crippen LogP contribution is -2.14. The van der Waals surface area contributed by atoms with E-state index in [4.69, 9.17) is 16.6 Å². The molecule has 0 amide bonds. The van der Waals surface area contributed by atoms with Gasteiger partial charge in [-0.1, -0.05) is 6.07 Å². The molecule has 0 spiro atoms. The zero-order chi connectivity index (χ0) is 8.97. The number of nitrogens with two attached hydrogens (primary N) is 2. The molecule has 12 heavy (non-hydrogen) atoms. The molecule has 0 saturated carbocycles.